The predicted molar refractivity (Wildman–Crippen MR) is 110 cm³/mol. The molecule has 30 heavy (non-hydrogen) atoms. The van der Waals surface area contributed by atoms with Crippen LogP contribution in [0.2, 0.25) is 0 Å². The van der Waals surface area contributed by atoms with Crippen LogP contribution in [0.3, 0.4) is 0 Å². The van der Waals surface area contributed by atoms with Crippen LogP contribution in [0.15, 0.2) is 59.8 Å². The Bertz CT molecular complexity index is 983. The summed E-state index contributed by atoms with van der Waals surface area (Å²) in [6, 6.07) is 12.5. The number of ether oxygens (including phenoxy) is 2. The number of carbonyl (C=O) groups excluding carboxylic acids is 3. The van der Waals surface area contributed by atoms with Crippen molar-refractivity contribution in [2.45, 2.75) is 13.0 Å². The molecule has 0 unspecified atom stereocenters. The Morgan fingerprint density at radius 2 is 1.70 bits per heavy atom. The molecule has 9 heteroatoms. The van der Waals surface area contributed by atoms with Gasteiger partial charge in [-0.25, -0.2) is 4.79 Å². The first-order valence-corrected chi connectivity index (χ1v) is 9.12. The lowest BCUT2D eigenvalue weighted by Crippen LogP contribution is -2.45. The largest absolute Gasteiger partial charge is 0.497 e. The van der Waals surface area contributed by atoms with Gasteiger partial charge in [0.1, 0.15) is 11.5 Å². The third-order valence-electron chi connectivity index (χ3n) is 4.46. The van der Waals surface area contributed by atoms with Crippen molar-refractivity contribution in [3.63, 3.8) is 0 Å². The minimum Gasteiger partial charge on any atom is -0.497 e. The van der Waals surface area contributed by atoms with Gasteiger partial charge in [0.05, 0.1) is 18.7 Å². The van der Waals surface area contributed by atoms with E-state index in [0.29, 0.717) is 34.0 Å². The zero-order chi connectivity index (χ0) is 21.7. The molecule has 2 aromatic carbocycles. The average molecular weight is 410 g/mol. The normalized spacial score (nSPS) is 15.7. The fraction of sp³-hybridized carbons (Fsp3) is 0.190. The molecule has 0 spiro atoms. The summed E-state index contributed by atoms with van der Waals surface area (Å²) in [4.78, 5) is 35.9. The second kappa shape index (κ2) is 8.99. The predicted octanol–water partition coefficient (Wildman–Crippen LogP) is 1.83. The van der Waals surface area contributed by atoms with Crippen LogP contribution in [0, 0.1) is 0 Å². The standard InChI is InChI=1S/C21H22N4O5/c1-12-18(20(27)24-14-5-9-15(29-2)10-6-14)19(25-21(28)23-12)13-3-7-16(8-4-13)30-11-17(22)26/h3-10,19H,11H2,1-2H3,(H2,22,26)(H,24,27)(H2,23,25,28)/t19-/m1/s1. The van der Waals surface area contributed by atoms with Gasteiger partial charge in [-0.1, -0.05) is 12.1 Å². The lowest BCUT2D eigenvalue weighted by molar-refractivity contribution is -0.120. The zero-order valence-electron chi connectivity index (χ0n) is 16.5. The maximum Gasteiger partial charge on any atom is 0.319 e. The molecule has 0 saturated heterocycles. The van der Waals surface area contributed by atoms with E-state index in [0.717, 1.165) is 0 Å². The van der Waals surface area contributed by atoms with Crippen molar-refractivity contribution in [3.05, 3.63) is 65.4 Å². The van der Waals surface area contributed by atoms with Gasteiger partial charge in [0, 0.05) is 11.4 Å². The molecule has 1 aliphatic rings. The second-order valence-corrected chi connectivity index (χ2v) is 6.58. The number of benzene rings is 2. The molecular formula is C21H22N4O5. The van der Waals surface area contributed by atoms with E-state index in [4.69, 9.17) is 15.2 Å². The molecule has 0 saturated carbocycles. The van der Waals surface area contributed by atoms with Gasteiger partial charge in [0.15, 0.2) is 6.61 Å². The van der Waals surface area contributed by atoms with E-state index in [1.165, 1.54) is 0 Å². The Morgan fingerprint density at radius 1 is 1.07 bits per heavy atom. The monoisotopic (exact) mass is 410 g/mol. The molecule has 1 atom stereocenters. The first-order valence-electron chi connectivity index (χ1n) is 9.12. The number of amides is 4. The summed E-state index contributed by atoms with van der Waals surface area (Å²) in [5.41, 5.74) is 7.16. The maximum absolute atomic E-state index is 13.0. The molecule has 0 radical (unpaired) electrons. The van der Waals surface area contributed by atoms with Crippen LogP contribution in [0.25, 0.3) is 0 Å². The highest BCUT2D eigenvalue weighted by Crippen LogP contribution is 2.29. The lowest BCUT2D eigenvalue weighted by atomic mass is 9.94. The van der Waals surface area contributed by atoms with E-state index in [1.54, 1.807) is 62.6 Å². The molecule has 9 nitrogen and oxygen atoms in total. The number of urea groups is 1. The Kier molecular flexibility index (Phi) is 6.21. The van der Waals surface area contributed by atoms with Crippen molar-refractivity contribution >= 4 is 23.5 Å². The van der Waals surface area contributed by atoms with Crippen LogP contribution in [0.4, 0.5) is 10.5 Å². The number of nitrogens with two attached hydrogens (primary N) is 1. The highest BCUT2D eigenvalue weighted by molar-refractivity contribution is 6.06. The molecule has 4 amide bonds. The molecule has 1 heterocycles. The summed E-state index contributed by atoms with van der Waals surface area (Å²) in [7, 11) is 1.56. The van der Waals surface area contributed by atoms with Crippen LogP contribution >= 0.6 is 0 Å². The fourth-order valence-corrected chi connectivity index (χ4v) is 3.03. The van der Waals surface area contributed by atoms with Crippen molar-refractivity contribution in [2.24, 2.45) is 5.73 Å². The number of hydrogen-bond donors (Lipinski definition) is 4. The van der Waals surface area contributed by atoms with E-state index in [-0.39, 0.29) is 12.5 Å². The summed E-state index contributed by atoms with van der Waals surface area (Å²) in [6.45, 7) is 1.43. The van der Waals surface area contributed by atoms with Gasteiger partial charge in [-0.05, 0) is 48.9 Å². The van der Waals surface area contributed by atoms with Crippen molar-refractivity contribution in [1.82, 2.24) is 10.6 Å². The minimum absolute atomic E-state index is 0.238. The summed E-state index contributed by atoms with van der Waals surface area (Å²) in [6.07, 6.45) is 0. The van der Waals surface area contributed by atoms with Crippen LogP contribution in [-0.2, 0) is 9.59 Å². The number of hydrogen-bond acceptors (Lipinski definition) is 5. The first-order chi connectivity index (χ1) is 14.4. The Morgan fingerprint density at radius 3 is 2.30 bits per heavy atom. The summed E-state index contributed by atoms with van der Waals surface area (Å²) >= 11 is 0. The smallest absolute Gasteiger partial charge is 0.319 e. The molecule has 156 valence electrons. The Labute approximate surface area is 173 Å². The third-order valence-corrected chi connectivity index (χ3v) is 4.46. The van der Waals surface area contributed by atoms with Gasteiger partial charge in [0.25, 0.3) is 11.8 Å². The molecule has 0 bridgehead atoms. The second-order valence-electron chi connectivity index (χ2n) is 6.58. The van der Waals surface area contributed by atoms with E-state index in [2.05, 4.69) is 16.0 Å². The van der Waals surface area contributed by atoms with Gasteiger partial charge in [-0.15, -0.1) is 0 Å². The van der Waals surface area contributed by atoms with Crippen molar-refractivity contribution in [1.29, 1.82) is 0 Å². The van der Waals surface area contributed by atoms with E-state index < -0.39 is 18.0 Å². The van der Waals surface area contributed by atoms with Crippen molar-refractivity contribution in [2.75, 3.05) is 19.0 Å². The van der Waals surface area contributed by atoms with Crippen molar-refractivity contribution < 1.29 is 23.9 Å². The molecule has 0 fully saturated rings. The molecule has 2 aromatic rings. The summed E-state index contributed by atoms with van der Waals surface area (Å²) in [5.74, 6) is 0.180. The molecular weight excluding hydrogens is 388 g/mol. The van der Waals surface area contributed by atoms with E-state index in [9.17, 15) is 14.4 Å². The van der Waals surface area contributed by atoms with E-state index >= 15 is 0 Å². The summed E-state index contributed by atoms with van der Waals surface area (Å²) < 4.78 is 10.4. The van der Waals surface area contributed by atoms with Gasteiger partial charge < -0.3 is 31.2 Å². The topological polar surface area (TPSA) is 132 Å². The molecule has 5 N–H and O–H groups in total. The third kappa shape index (κ3) is 4.88. The van der Waals surface area contributed by atoms with Gasteiger partial charge >= 0.3 is 6.03 Å². The summed E-state index contributed by atoms with van der Waals surface area (Å²) in [5, 5.41) is 8.23. The van der Waals surface area contributed by atoms with Crippen LogP contribution in [0.1, 0.15) is 18.5 Å². The average Bonchev–Trinajstić information content (AvgIpc) is 2.72. The van der Waals surface area contributed by atoms with Crippen LogP contribution in [0.5, 0.6) is 11.5 Å². The Balaban J connectivity index is 1.83. The zero-order valence-corrected chi connectivity index (χ0v) is 16.5. The van der Waals surface area contributed by atoms with Gasteiger partial charge in [-0.2, -0.15) is 0 Å². The molecule has 0 aromatic heterocycles. The number of methoxy groups -OCH3 is 1. The molecule has 0 aliphatic carbocycles. The quantitative estimate of drug-likeness (QED) is 0.553. The SMILES string of the molecule is COc1ccc(NC(=O)C2=C(C)NC(=O)N[C@@H]2c2ccc(OCC(N)=O)cc2)cc1. The van der Waals surface area contributed by atoms with Crippen LogP contribution in [-0.4, -0.2) is 31.6 Å². The number of primary amides is 1. The van der Waals surface area contributed by atoms with Gasteiger partial charge in [-0.3, -0.25) is 9.59 Å². The number of anilines is 1. The highest BCUT2D eigenvalue weighted by atomic mass is 16.5. The maximum atomic E-state index is 13.0. The minimum atomic E-state index is -0.665. The Hall–Kier alpha value is -4.01. The van der Waals surface area contributed by atoms with Crippen molar-refractivity contribution in [3.8, 4) is 11.5 Å². The number of rotatable bonds is 7. The number of allylic oxidation sites excluding steroid dienone is 1. The first kappa shape index (κ1) is 20.7. The highest BCUT2D eigenvalue weighted by Gasteiger charge is 2.31. The van der Waals surface area contributed by atoms with Gasteiger partial charge in [0.2, 0.25) is 0 Å². The molecule has 1 aliphatic heterocycles. The van der Waals surface area contributed by atoms with Crippen LogP contribution < -0.4 is 31.2 Å². The number of nitrogens with one attached hydrogen (secondary N) is 3. The van der Waals surface area contributed by atoms with E-state index in [1.807, 2.05) is 0 Å². The fourth-order valence-electron chi connectivity index (χ4n) is 3.03. The molecule has 3 rings (SSSR count). The number of carbonyl (C=O) groups is 3. The lowest BCUT2D eigenvalue weighted by Gasteiger charge is -2.28.